The summed E-state index contributed by atoms with van der Waals surface area (Å²) in [6.07, 6.45) is 0. The average molecular weight is 393 g/mol. The Morgan fingerprint density at radius 1 is 1.07 bits per heavy atom. The molecule has 1 N–H and O–H groups in total. The van der Waals surface area contributed by atoms with E-state index in [0.29, 0.717) is 4.88 Å². The van der Waals surface area contributed by atoms with Crippen molar-refractivity contribution in [2.24, 2.45) is 0 Å². The van der Waals surface area contributed by atoms with E-state index in [0.717, 1.165) is 20.1 Å². The number of halogens is 1. The molecule has 0 aliphatic carbocycles. The van der Waals surface area contributed by atoms with Crippen LogP contribution in [0.2, 0.25) is 0 Å². The molecule has 1 amide bonds. The number of aromatic nitrogens is 1. The summed E-state index contributed by atoms with van der Waals surface area (Å²) in [4.78, 5) is 18.4. The van der Waals surface area contributed by atoms with Crippen LogP contribution in [0.1, 0.15) is 21.3 Å². The number of carbonyl (C=O) groups is 1. The molecular weight excluding hydrogens is 381 g/mol. The smallest absolute Gasteiger partial charge is 0.262 e. The molecule has 132 valence electrons. The lowest BCUT2D eigenvalue weighted by molar-refractivity contribution is 0.0949. The minimum absolute atomic E-state index is 0.149. The summed E-state index contributed by atoms with van der Waals surface area (Å²) in [5.41, 5.74) is 1.07. The number of carbonyl (C=O) groups excluding carboxylic acids is 1. The number of hydrogen-bond acceptors (Lipinski definition) is 5. The maximum Gasteiger partial charge on any atom is 0.262 e. The predicted molar refractivity (Wildman–Crippen MR) is 105 cm³/mol. The number of thiazole rings is 1. The SMILES string of the molecule is N#CC(NC(=O)c1ccc(-c2nc3ccccc3s2)s1)c1ccccc1F. The molecule has 0 bridgehead atoms. The third kappa shape index (κ3) is 3.45. The molecule has 4 rings (SSSR count). The second kappa shape index (κ2) is 7.27. The number of amides is 1. The number of hydrogen-bond donors (Lipinski definition) is 1. The van der Waals surface area contributed by atoms with Crippen LogP contribution in [0.3, 0.4) is 0 Å². The molecule has 0 radical (unpaired) electrons. The first-order valence-corrected chi connectivity index (χ1v) is 9.69. The highest BCUT2D eigenvalue weighted by molar-refractivity contribution is 7.26. The molecule has 0 fully saturated rings. The van der Waals surface area contributed by atoms with Gasteiger partial charge in [0.25, 0.3) is 5.91 Å². The van der Waals surface area contributed by atoms with Crippen molar-refractivity contribution >= 4 is 38.8 Å². The van der Waals surface area contributed by atoms with E-state index in [2.05, 4.69) is 10.3 Å². The number of fused-ring (bicyclic) bond motifs is 1. The number of nitriles is 1. The van der Waals surface area contributed by atoms with Crippen molar-refractivity contribution in [3.05, 3.63) is 76.9 Å². The molecule has 7 heteroatoms. The molecule has 27 heavy (non-hydrogen) atoms. The summed E-state index contributed by atoms with van der Waals surface area (Å²) >= 11 is 2.85. The molecule has 1 unspecified atom stereocenters. The first-order valence-electron chi connectivity index (χ1n) is 8.06. The van der Waals surface area contributed by atoms with Crippen molar-refractivity contribution in [3.63, 3.8) is 0 Å². The molecule has 4 aromatic rings. The Bertz CT molecular complexity index is 1140. The van der Waals surface area contributed by atoms with Crippen molar-refractivity contribution in [1.82, 2.24) is 10.3 Å². The summed E-state index contributed by atoms with van der Waals surface area (Å²) in [6, 6.07) is 18.2. The van der Waals surface area contributed by atoms with Gasteiger partial charge in [0.2, 0.25) is 0 Å². The van der Waals surface area contributed by atoms with Gasteiger partial charge in [-0.3, -0.25) is 4.79 Å². The zero-order chi connectivity index (χ0) is 18.8. The molecule has 0 saturated heterocycles. The molecule has 4 nitrogen and oxygen atoms in total. The number of para-hydroxylation sites is 1. The van der Waals surface area contributed by atoms with E-state index in [4.69, 9.17) is 0 Å². The fourth-order valence-electron chi connectivity index (χ4n) is 2.64. The molecule has 0 aliphatic heterocycles. The zero-order valence-electron chi connectivity index (χ0n) is 13.8. The molecule has 2 heterocycles. The fraction of sp³-hybridized carbons (Fsp3) is 0.0500. The van der Waals surface area contributed by atoms with E-state index in [1.165, 1.54) is 23.5 Å². The molecule has 2 aromatic carbocycles. The summed E-state index contributed by atoms with van der Waals surface area (Å²) in [5.74, 6) is -0.937. The van der Waals surface area contributed by atoms with E-state index in [1.807, 2.05) is 36.4 Å². The number of nitrogens with zero attached hydrogens (tertiary/aromatic N) is 2. The number of nitrogens with one attached hydrogen (secondary N) is 1. The summed E-state index contributed by atoms with van der Waals surface area (Å²) in [5, 5.41) is 12.8. The molecule has 1 atom stereocenters. The number of benzene rings is 2. The lowest BCUT2D eigenvalue weighted by Gasteiger charge is -2.11. The molecule has 2 aromatic heterocycles. The maximum atomic E-state index is 13.9. The predicted octanol–water partition coefficient (Wildman–Crippen LogP) is 5.16. The normalized spacial score (nSPS) is 11.9. The molecule has 0 aliphatic rings. The monoisotopic (exact) mass is 393 g/mol. The van der Waals surface area contributed by atoms with E-state index in [1.54, 1.807) is 29.5 Å². The lowest BCUT2D eigenvalue weighted by atomic mass is 10.1. The average Bonchev–Trinajstić information content (AvgIpc) is 3.33. The van der Waals surface area contributed by atoms with Crippen LogP contribution in [-0.4, -0.2) is 10.9 Å². The second-order valence-corrected chi connectivity index (χ2v) is 7.82. The summed E-state index contributed by atoms with van der Waals surface area (Å²) < 4.78 is 15.0. The van der Waals surface area contributed by atoms with Gasteiger partial charge in [0, 0.05) is 5.56 Å². The Balaban J connectivity index is 1.56. The minimum atomic E-state index is -1.05. The van der Waals surface area contributed by atoms with Gasteiger partial charge < -0.3 is 5.32 Å². The minimum Gasteiger partial charge on any atom is -0.332 e. The van der Waals surface area contributed by atoms with Crippen molar-refractivity contribution in [1.29, 1.82) is 5.26 Å². The Labute approximate surface area is 162 Å². The lowest BCUT2D eigenvalue weighted by Crippen LogP contribution is -2.27. The van der Waals surface area contributed by atoms with Gasteiger partial charge in [-0.1, -0.05) is 30.3 Å². The Morgan fingerprint density at radius 2 is 1.85 bits per heavy atom. The van der Waals surface area contributed by atoms with Crippen molar-refractivity contribution in [3.8, 4) is 16.0 Å². The Hall–Kier alpha value is -3.08. The van der Waals surface area contributed by atoms with Gasteiger partial charge >= 0.3 is 0 Å². The van der Waals surface area contributed by atoms with Crippen LogP contribution in [0.15, 0.2) is 60.7 Å². The molecule has 0 saturated carbocycles. The maximum absolute atomic E-state index is 13.9. The van der Waals surface area contributed by atoms with Crippen LogP contribution in [-0.2, 0) is 0 Å². The largest absolute Gasteiger partial charge is 0.332 e. The van der Waals surface area contributed by atoms with Crippen LogP contribution < -0.4 is 5.32 Å². The molecule has 0 spiro atoms. The highest BCUT2D eigenvalue weighted by atomic mass is 32.1. The van der Waals surface area contributed by atoms with Gasteiger partial charge in [-0.05, 0) is 30.3 Å². The summed E-state index contributed by atoms with van der Waals surface area (Å²) in [6.45, 7) is 0. The van der Waals surface area contributed by atoms with Gasteiger partial charge in [-0.15, -0.1) is 22.7 Å². The third-order valence-corrected chi connectivity index (χ3v) is 6.24. The van der Waals surface area contributed by atoms with Crippen molar-refractivity contribution < 1.29 is 9.18 Å². The summed E-state index contributed by atoms with van der Waals surface area (Å²) in [7, 11) is 0. The number of thiophene rings is 1. The van der Waals surface area contributed by atoms with Crippen LogP contribution in [0.25, 0.3) is 20.1 Å². The third-order valence-electron chi connectivity index (χ3n) is 3.96. The number of rotatable bonds is 4. The first kappa shape index (κ1) is 17.3. The zero-order valence-corrected chi connectivity index (χ0v) is 15.5. The Morgan fingerprint density at radius 3 is 2.63 bits per heavy atom. The second-order valence-electron chi connectivity index (χ2n) is 5.71. The Kier molecular flexibility index (Phi) is 4.67. The fourth-order valence-corrected chi connectivity index (χ4v) is 4.57. The van der Waals surface area contributed by atoms with Crippen LogP contribution in [0.5, 0.6) is 0 Å². The standard InChI is InChI=1S/C20H12FN3OS2/c21-13-6-2-1-5-12(13)15(11-22)23-19(25)17-9-10-18(26-17)20-24-14-7-3-4-8-16(14)27-20/h1-10,15H,(H,23,25). The van der Waals surface area contributed by atoms with E-state index in [9.17, 15) is 14.4 Å². The van der Waals surface area contributed by atoms with Gasteiger partial charge in [0.15, 0.2) is 0 Å². The van der Waals surface area contributed by atoms with Crippen molar-refractivity contribution in [2.75, 3.05) is 0 Å². The van der Waals surface area contributed by atoms with Crippen LogP contribution in [0, 0.1) is 17.1 Å². The van der Waals surface area contributed by atoms with Crippen LogP contribution >= 0.6 is 22.7 Å². The topological polar surface area (TPSA) is 65.8 Å². The van der Waals surface area contributed by atoms with E-state index < -0.39 is 17.8 Å². The van der Waals surface area contributed by atoms with Gasteiger partial charge in [0.1, 0.15) is 16.9 Å². The van der Waals surface area contributed by atoms with Gasteiger partial charge in [-0.2, -0.15) is 5.26 Å². The van der Waals surface area contributed by atoms with E-state index in [-0.39, 0.29) is 5.56 Å². The highest BCUT2D eigenvalue weighted by Gasteiger charge is 2.20. The highest BCUT2D eigenvalue weighted by Crippen LogP contribution is 2.34. The quantitative estimate of drug-likeness (QED) is 0.521. The van der Waals surface area contributed by atoms with Crippen molar-refractivity contribution in [2.45, 2.75) is 6.04 Å². The molecular formula is C20H12FN3OS2. The van der Waals surface area contributed by atoms with Crippen LogP contribution in [0.4, 0.5) is 4.39 Å². The van der Waals surface area contributed by atoms with Gasteiger partial charge in [-0.25, -0.2) is 9.37 Å². The van der Waals surface area contributed by atoms with Gasteiger partial charge in [0.05, 0.1) is 26.0 Å². The van der Waals surface area contributed by atoms with E-state index >= 15 is 0 Å². The first-order chi connectivity index (χ1) is 13.2.